The molecule has 264 valence electrons. The van der Waals surface area contributed by atoms with E-state index in [1.165, 1.54) is 116 Å². The Hall–Kier alpha value is -6.50. The lowest BCUT2D eigenvalue weighted by atomic mass is 9.77. The van der Waals surface area contributed by atoms with Crippen molar-refractivity contribution in [2.24, 2.45) is 0 Å². The molecule has 0 N–H and O–H groups in total. The van der Waals surface area contributed by atoms with Crippen molar-refractivity contribution in [3.63, 3.8) is 0 Å². The van der Waals surface area contributed by atoms with Gasteiger partial charge in [-0.15, -0.1) is 0 Å². The Balaban J connectivity index is 1.10. The van der Waals surface area contributed by atoms with Crippen LogP contribution < -0.4 is 0 Å². The van der Waals surface area contributed by atoms with Gasteiger partial charge in [-0.05, 0) is 135 Å². The molecule has 3 aliphatic rings. The Kier molecular flexibility index (Phi) is 6.68. The number of benzene rings is 9. The maximum atomic E-state index is 2.54. The second kappa shape index (κ2) is 11.8. The summed E-state index contributed by atoms with van der Waals surface area (Å²) in [5.41, 5.74) is 23.7. The lowest BCUT2D eigenvalue weighted by Gasteiger charge is -2.26. The molecular weight excluding hydrogens is 673 g/mol. The van der Waals surface area contributed by atoms with Gasteiger partial charge in [-0.2, -0.15) is 0 Å². The molecule has 0 saturated heterocycles. The number of hydrogen-bond donors (Lipinski definition) is 0. The normalized spacial score (nSPS) is 14.5. The lowest BCUT2D eigenvalue weighted by Crippen LogP contribution is -2.16. The molecule has 1 unspecified atom stereocenters. The molecule has 0 aliphatic heterocycles. The molecule has 9 aromatic carbocycles. The van der Waals surface area contributed by atoms with Gasteiger partial charge in [0, 0.05) is 11.3 Å². The average Bonchev–Trinajstić information content (AvgIpc) is 3.88. The molecule has 3 aliphatic carbocycles. The van der Waals surface area contributed by atoms with Crippen molar-refractivity contribution >= 4 is 21.5 Å². The zero-order valence-electron chi connectivity index (χ0n) is 31.7. The minimum atomic E-state index is -0.0788. The molecule has 0 saturated carbocycles. The highest BCUT2D eigenvalue weighted by Crippen LogP contribution is 2.54. The maximum absolute atomic E-state index is 2.54. The van der Waals surface area contributed by atoms with Gasteiger partial charge in [-0.1, -0.05) is 184 Å². The van der Waals surface area contributed by atoms with Gasteiger partial charge in [0.2, 0.25) is 0 Å². The topological polar surface area (TPSA) is 0 Å². The molecule has 0 aromatic heterocycles. The van der Waals surface area contributed by atoms with E-state index < -0.39 is 0 Å². The van der Waals surface area contributed by atoms with E-state index >= 15 is 0 Å². The Morgan fingerprint density at radius 2 is 1.04 bits per heavy atom. The third-order valence-electron chi connectivity index (χ3n) is 13.5. The molecule has 9 aromatic rings. The van der Waals surface area contributed by atoms with Gasteiger partial charge < -0.3 is 0 Å². The quantitative estimate of drug-likeness (QED) is 0.159. The first-order valence-corrected chi connectivity index (χ1v) is 20.1. The Labute approximate surface area is 328 Å². The molecule has 12 rings (SSSR count). The number of rotatable bonds is 4. The molecule has 56 heavy (non-hydrogen) atoms. The summed E-state index contributed by atoms with van der Waals surface area (Å²) < 4.78 is 0. The minimum absolute atomic E-state index is 0.0516. The van der Waals surface area contributed by atoms with Crippen LogP contribution in [0.2, 0.25) is 0 Å². The summed E-state index contributed by atoms with van der Waals surface area (Å²) in [4.78, 5) is 0. The van der Waals surface area contributed by atoms with E-state index in [0.29, 0.717) is 0 Å². The van der Waals surface area contributed by atoms with E-state index in [4.69, 9.17) is 0 Å². The molecule has 0 heteroatoms. The Morgan fingerprint density at radius 3 is 1.95 bits per heavy atom. The SMILES string of the molecule is CC1(C)c2ccccc2-c2ccc(C(c3ccc4ccccc4c3)c3cccc4c3-c3cc5ccccc5c(-c5cccc6c5Cc5ccccc5-6)c3C4)cc21. The minimum Gasteiger partial charge on any atom is -0.0619 e. The van der Waals surface area contributed by atoms with Crippen LogP contribution >= 0.6 is 0 Å². The van der Waals surface area contributed by atoms with E-state index in [2.05, 4.69) is 190 Å². The zero-order chi connectivity index (χ0) is 37.1. The first-order valence-electron chi connectivity index (χ1n) is 20.1. The highest BCUT2D eigenvalue weighted by Gasteiger charge is 2.37. The smallest absolute Gasteiger partial charge is 0.0346 e. The van der Waals surface area contributed by atoms with E-state index in [0.717, 1.165) is 12.8 Å². The maximum Gasteiger partial charge on any atom is 0.0346 e. The van der Waals surface area contributed by atoms with Crippen molar-refractivity contribution < 1.29 is 0 Å². The molecule has 0 spiro atoms. The highest BCUT2D eigenvalue weighted by molar-refractivity contribution is 6.06. The molecule has 0 heterocycles. The van der Waals surface area contributed by atoms with Gasteiger partial charge in [0.1, 0.15) is 0 Å². The van der Waals surface area contributed by atoms with Crippen molar-refractivity contribution in [3.8, 4) is 44.5 Å². The van der Waals surface area contributed by atoms with Crippen LogP contribution in [-0.2, 0) is 18.3 Å². The van der Waals surface area contributed by atoms with Gasteiger partial charge in [0.25, 0.3) is 0 Å². The van der Waals surface area contributed by atoms with E-state index in [1.807, 2.05) is 0 Å². The summed E-state index contributed by atoms with van der Waals surface area (Å²) in [6, 6.07) is 67.0. The van der Waals surface area contributed by atoms with Crippen molar-refractivity contribution in [2.45, 2.75) is 38.0 Å². The van der Waals surface area contributed by atoms with Crippen LogP contribution in [0, 0.1) is 0 Å². The fourth-order valence-electron chi connectivity index (χ4n) is 10.9. The molecule has 0 radical (unpaired) electrons. The van der Waals surface area contributed by atoms with Crippen LogP contribution in [0.3, 0.4) is 0 Å². The monoisotopic (exact) mass is 712 g/mol. The second-order valence-electron chi connectivity index (χ2n) is 16.7. The van der Waals surface area contributed by atoms with Crippen LogP contribution in [0.1, 0.15) is 69.8 Å². The van der Waals surface area contributed by atoms with Gasteiger partial charge in [-0.25, -0.2) is 0 Å². The van der Waals surface area contributed by atoms with E-state index in [-0.39, 0.29) is 11.3 Å². The molecule has 1 atom stereocenters. The summed E-state index contributed by atoms with van der Waals surface area (Å²) in [6.45, 7) is 4.79. The summed E-state index contributed by atoms with van der Waals surface area (Å²) in [5, 5.41) is 5.20. The molecule has 0 nitrogen and oxygen atoms in total. The predicted molar refractivity (Wildman–Crippen MR) is 235 cm³/mol. The van der Waals surface area contributed by atoms with E-state index in [1.54, 1.807) is 0 Å². The number of fused-ring (bicyclic) bond motifs is 11. The summed E-state index contributed by atoms with van der Waals surface area (Å²) in [7, 11) is 0. The number of hydrogen-bond acceptors (Lipinski definition) is 0. The summed E-state index contributed by atoms with van der Waals surface area (Å²) >= 11 is 0. The van der Waals surface area contributed by atoms with Crippen molar-refractivity contribution in [1.29, 1.82) is 0 Å². The third kappa shape index (κ3) is 4.47. The lowest BCUT2D eigenvalue weighted by molar-refractivity contribution is 0.659. The average molecular weight is 713 g/mol. The van der Waals surface area contributed by atoms with Gasteiger partial charge in [0.05, 0.1) is 0 Å². The first kappa shape index (κ1) is 31.8. The molecular formula is C56H40. The van der Waals surface area contributed by atoms with Crippen LogP contribution in [0.25, 0.3) is 66.1 Å². The first-order chi connectivity index (χ1) is 27.5. The predicted octanol–water partition coefficient (Wildman–Crippen LogP) is 14.3. The summed E-state index contributed by atoms with van der Waals surface area (Å²) in [5.74, 6) is 0.0516. The van der Waals surface area contributed by atoms with Gasteiger partial charge >= 0.3 is 0 Å². The van der Waals surface area contributed by atoms with Crippen molar-refractivity contribution in [3.05, 3.63) is 226 Å². The Morgan fingerprint density at radius 1 is 0.393 bits per heavy atom. The fraction of sp³-hybridized carbons (Fsp3) is 0.107. The van der Waals surface area contributed by atoms with Crippen LogP contribution in [0.4, 0.5) is 0 Å². The molecule has 0 amide bonds. The molecule has 0 fully saturated rings. The third-order valence-corrected chi connectivity index (χ3v) is 13.5. The van der Waals surface area contributed by atoms with Gasteiger partial charge in [0.15, 0.2) is 0 Å². The standard InChI is InChI=1S/C56H40/c1-56(2)51-24-10-9-20-44(51)45-28-27-40(33-52(45)56)53(39-26-25-34-13-3-4-14-35(34)29-39)47-23-11-17-38-32-50-49(54(38)47)31-37-16-6-8-19-42(37)55(50)46-22-12-21-43-41-18-7-5-15-36(41)30-48(43)46/h3-29,31,33,53H,30,32H2,1-2H3. The van der Waals surface area contributed by atoms with Crippen LogP contribution in [0.15, 0.2) is 176 Å². The van der Waals surface area contributed by atoms with Crippen molar-refractivity contribution in [1.82, 2.24) is 0 Å². The Bertz CT molecular complexity index is 3120. The summed E-state index contributed by atoms with van der Waals surface area (Å²) in [6.07, 6.45) is 1.90. The largest absolute Gasteiger partial charge is 0.0619 e. The molecule has 0 bridgehead atoms. The van der Waals surface area contributed by atoms with Crippen LogP contribution in [-0.4, -0.2) is 0 Å². The van der Waals surface area contributed by atoms with Gasteiger partial charge in [-0.3, -0.25) is 0 Å². The van der Waals surface area contributed by atoms with Crippen molar-refractivity contribution in [2.75, 3.05) is 0 Å². The fourth-order valence-corrected chi connectivity index (χ4v) is 10.9. The zero-order valence-corrected chi connectivity index (χ0v) is 31.7. The second-order valence-corrected chi connectivity index (χ2v) is 16.7. The van der Waals surface area contributed by atoms with E-state index in [9.17, 15) is 0 Å². The van der Waals surface area contributed by atoms with Crippen LogP contribution in [0.5, 0.6) is 0 Å². The highest BCUT2D eigenvalue weighted by atomic mass is 14.4.